The SMILES string of the molecule is Cc1ccc(Oc2ccc(Nc3ncnc4ccc(-c5ccc(C(N)CS(C)(=O)=O)s5)cc34)cc2C)cn1. The van der Waals surface area contributed by atoms with Gasteiger partial charge in [-0.25, -0.2) is 18.4 Å². The molecule has 0 radical (unpaired) electrons. The lowest BCUT2D eigenvalue weighted by atomic mass is 10.1. The molecule has 0 amide bonds. The van der Waals surface area contributed by atoms with Crippen molar-refractivity contribution < 1.29 is 13.2 Å². The molecule has 10 heteroatoms. The fourth-order valence-corrected chi connectivity index (χ4v) is 5.99. The fraction of sp³-hybridized carbons (Fsp3) is 0.179. The van der Waals surface area contributed by atoms with Gasteiger partial charge in [0.1, 0.15) is 33.5 Å². The molecule has 0 spiro atoms. The summed E-state index contributed by atoms with van der Waals surface area (Å²) in [5, 5.41) is 4.28. The molecule has 1 atom stereocenters. The summed E-state index contributed by atoms with van der Waals surface area (Å²) in [6, 6.07) is 18.9. The smallest absolute Gasteiger partial charge is 0.149 e. The van der Waals surface area contributed by atoms with Gasteiger partial charge in [0.15, 0.2) is 0 Å². The Labute approximate surface area is 225 Å². The molecule has 0 bridgehead atoms. The van der Waals surface area contributed by atoms with Gasteiger partial charge in [-0.3, -0.25) is 4.98 Å². The van der Waals surface area contributed by atoms with Crippen LogP contribution in [0.4, 0.5) is 11.5 Å². The third kappa shape index (κ3) is 5.99. The second-order valence-corrected chi connectivity index (χ2v) is 12.5. The van der Waals surface area contributed by atoms with Crippen molar-refractivity contribution in [2.45, 2.75) is 19.9 Å². The molecule has 2 aromatic carbocycles. The molecule has 0 aliphatic rings. The maximum atomic E-state index is 11.7. The van der Waals surface area contributed by atoms with Gasteiger partial charge in [0.25, 0.3) is 0 Å². The number of thiophene rings is 1. The topological polar surface area (TPSA) is 120 Å². The highest BCUT2D eigenvalue weighted by Gasteiger charge is 2.16. The molecular weight excluding hydrogens is 518 g/mol. The van der Waals surface area contributed by atoms with E-state index in [1.54, 1.807) is 6.20 Å². The van der Waals surface area contributed by atoms with Crippen LogP contribution in [0, 0.1) is 13.8 Å². The lowest BCUT2D eigenvalue weighted by Gasteiger charge is -2.13. The van der Waals surface area contributed by atoms with Gasteiger partial charge in [-0.05, 0) is 79.6 Å². The van der Waals surface area contributed by atoms with Crippen LogP contribution in [-0.4, -0.2) is 35.4 Å². The molecule has 194 valence electrons. The molecule has 38 heavy (non-hydrogen) atoms. The van der Waals surface area contributed by atoms with Crippen LogP contribution >= 0.6 is 11.3 Å². The number of anilines is 2. The number of nitrogens with one attached hydrogen (secondary N) is 1. The van der Waals surface area contributed by atoms with Gasteiger partial charge >= 0.3 is 0 Å². The van der Waals surface area contributed by atoms with Gasteiger partial charge < -0.3 is 15.8 Å². The highest BCUT2D eigenvalue weighted by Crippen LogP contribution is 2.35. The van der Waals surface area contributed by atoms with E-state index in [4.69, 9.17) is 10.5 Å². The van der Waals surface area contributed by atoms with Crippen molar-refractivity contribution in [2.24, 2.45) is 5.73 Å². The Balaban J connectivity index is 1.39. The average molecular weight is 546 g/mol. The van der Waals surface area contributed by atoms with Crippen molar-refractivity contribution in [3.05, 3.63) is 89.3 Å². The van der Waals surface area contributed by atoms with Crippen molar-refractivity contribution in [3.8, 4) is 21.9 Å². The highest BCUT2D eigenvalue weighted by molar-refractivity contribution is 7.90. The quantitative estimate of drug-likeness (QED) is 0.245. The predicted molar refractivity (Wildman–Crippen MR) is 153 cm³/mol. The number of aryl methyl sites for hydroxylation is 2. The number of ether oxygens (including phenoxy) is 1. The second kappa shape index (κ2) is 10.5. The zero-order valence-corrected chi connectivity index (χ0v) is 22.8. The molecule has 5 aromatic rings. The van der Waals surface area contributed by atoms with E-state index in [-0.39, 0.29) is 5.75 Å². The average Bonchev–Trinajstić information content (AvgIpc) is 3.37. The van der Waals surface area contributed by atoms with E-state index in [9.17, 15) is 8.42 Å². The van der Waals surface area contributed by atoms with Crippen LogP contribution in [0.1, 0.15) is 22.2 Å². The number of pyridine rings is 1. The monoisotopic (exact) mass is 545 g/mol. The van der Waals surface area contributed by atoms with Crippen molar-refractivity contribution in [1.29, 1.82) is 0 Å². The fourth-order valence-electron chi connectivity index (χ4n) is 4.05. The van der Waals surface area contributed by atoms with Crippen LogP contribution < -0.4 is 15.8 Å². The van der Waals surface area contributed by atoms with Crippen molar-refractivity contribution in [2.75, 3.05) is 17.3 Å². The highest BCUT2D eigenvalue weighted by atomic mass is 32.2. The maximum Gasteiger partial charge on any atom is 0.149 e. The van der Waals surface area contributed by atoms with Gasteiger partial charge in [-0.1, -0.05) is 6.07 Å². The maximum absolute atomic E-state index is 11.7. The van der Waals surface area contributed by atoms with Crippen molar-refractivity contribution in [1.82, 2.24) is 15.0 Å². The molecule has 1 unspecified atom stereocenters. The minimum absolute atomic E-state index is 0.0856. The molecule has 8 nitrogen and oxygen atoms in total. The first-order valence-corrected chi connectivity index (χ1v) is 14.8. The van der Waals surface area contributed by atoms with E-state index in [1.165, 1.54) is 23.9 Å². The summed E-state index contributed by atoms with van der Waals surface area (Å²) in [6.07, 6.45) is 4.44. The van der Waals surface area contributed by atoms with Crippen molar-refractivity contribution >= 4 is 43.6 Å². The summed E-state index contributed by atoms with van der Waals surface area (Å²) in [4.78, 5) is 15.0. The molecule has 0 aliphatic carbocycles. The summed E-state index contributed by atoms with van der Waals surface area (Å²) in [5.41, 5.74) is 10.7. The standard InChI is InChI=1S/C28H27N5O3S2/c1-17-12-20(6-9-25(17)36-21-7-4-18(2)30-14-21)33-28-22-13-19(5-8-24(22)31-16-32-28)26-10-11-27(37-26)23(29)15-38(3,34)35/h4-14,16,23H,15,29H2,1-3H3,(H,31,32,33). The van der Waals surface area contributed by atoms with Gasteiger partial charge in [0.2, 0.25) is 0 Å². The largest absolute Gasteiger partial charge is 0.455 e. The van der Waals surface area contributed by atoms with Crippen LogP contribution in [-0.2, 0) is 9.84 Å². The Kier molecular flexibility index (Phi) is 7.11. The molecular formula is C28H27N5O3S2. The van der Waals surface area contributed by atoms with Gasteiger partial charge in [-0.2, -0.15) is 0 Å². The molecule has 0 saturated heterocycles. The van der Waals surface area contributed by atoms with E-state index < -0.39 is 15.9 Å². The first-order valence-electron chi connectivity index (χ1n) is 11.9. The van der Waals surface area contributed by atoms with Gasteiger partial charge in [0.05, 0.1) is 23.5 Å². The number of aromatic nitrogens is 3. The van der Waals surface area contributed by atoms with E-state index in [0.717, 1.165) is 48.9 Å². The lowest BCUT2D eigenvalue weighted by Crippen LogP contribution is -2.19. The van der Waals surface area contributed by atoms with Crippen molar-refractivity contribution in [3.63, 3.8) is 0 Å². The number of nitrogens with two attached hydrogens (primary N) is 1. The molecule has 5 rings (SSSR count). The predicted octanol–water partition coefficient (Wildman–Crippen LogP) is 5.95. The molecule has 3 N–H and O–H groups in total. The normalized spacial score (nSPS) is 12.4. The van der Waals surface area contributed by atoms with E-state index in [2.05, 4.69) is 20.3 Å². The zero-order valence-electron chi connectivity index (χ0n) is 21.2. The molecule has 0 saturated carbocycles. The van der Waals surface area contributed by atoms with E-state index >= 15 is 0 Å². The minimum atomic E-state index is -3.17. The molecule has 0 fully saturated rings. The Morgan fingerprint density at radius 2 is 1.84 bits per heavy atom. The Morgan fingerprint density at radius 3 is 2.58 bits per heavy atom. The Bertz CT molecular complexity index is 1720. The zero-order chi connectivity index (χ0) is 26.9. The molecule has 3 aromatic heterocycles. The van der Waals surface area contributed by atoms with Crippen LogP contribution in [0.2, 0.25) is 0 Å². The number of rotatable bonds is 8. The summed E-state index contributed by atoms with van der Waals surface area (Å²) >= 11 is 1.49. The van der Waals surface area contributed by atoms with E-state index in [0.29, 0.717) is 11.6 Å². The first-order chi connectivity index (χ1) is 18.1. The third-order valence-electron chi connectivity index (χ3n) is 5.94. The van der Waals surface area contributed by atoms with Crippen LogP contribution in [0.15, 0.2) is 73.2 Å². The Morgan fingerprint density at radius 1 is 1.00 bits per heavy atom. The number of fused-ring (bicyclic) bond motifs is 1. The summed E-state index contributed by atoms with van der Waals surface area (Å²) in [6.45, 7) is 3.92. The van der Waals surface area contributed by atoms with Crippen LogP contribution in [0.5, 0.6) is 11.5 Å². The number of hydrogen-bond donors (Lipinski definition) is 2. The van der Waals surface area contributed by atoms with Gasteiger partial charge in [0, 0.05) is 32.8 Å². The van der Waals surface area contributed by atoms with Crippen LogP contribution in [0.3, 0.4) is 0 Å². The molecule has 3 heterocycles. The minimum Gasteiger partial charge on any atom is -0.455 e. The van der Waals surface area contributed by atoms with E-state index in [1.807, 2.05) is 74.5 Å². The second-order valence-electron chi connectivity index (χ2n) is 9.20. The number of hydrogen-bond acceptors (Lipinski definition) is 9. The summed E-state index contributed by atoms with van der Waals surface area (Å²) in [5.74, 6) is 2.03. The number of sulfone groups is 1. The Hall–Kier alpha value is -3.86. The lowest BCUT2D eigenvalue weighted by molar-refractivity contribution is 0.476. The number of nitrogens with zero attached hydrogens (tertiary/aromatic N) is 3. The summed E-state index contributed by atoms with van der Waals surface area (Å²) in [7, 11) is -3.17. The first kappa shape index (κ1) is 25.8. The summed E-state index contributed by atoms with van der Waals surface area (Å²) < 4.78 is 29.3. The third-order valence-corrected chi connectivity index (χ3v) is 8.17. The molecule has 0 aliphatic heterocycles. The number of benzene rings is 2. The van der Waals surface area contributed by atoms with Gasteiger partial charge in [-0.15, -0.1) is 11.3 Å². The van der Waals surface area contributed by atoms with Crippen LogP contribution in [0.25, 0.3) is 21.3 Å².